The van der Waals surface area contributed by atoms with Gasteiger partial charge in [-0.2, -0.15) is 5.26 Å². The minimum absolute atomic E-state index is 0.114. The molecule has 5 nitrogen and oxygen atoms in total. The summed E-state index contributed by atoms with van der Waals surface area (Å²) in [6.07, 6.45) is 0.191. The molecule has 1 aromatic rings. The molecule has 0 bridgehead atoms. The molecule has 1 aromatic carbocycles. The van der Waals surface area contributed by atoms with Gasteiger partial charge < -0.3 is 5.73 Å². The molecule has 0 radical (unpaired) electrons. The molecule has 0 heterocycles. The van der Waals surface area contributed by atoms with Crippen molar-refractivity contribution in [2.75, 3.05) is 10.5 Å². The van der Waals surface area contributed by atoms with Crippen LogP contribution in [-0.4, -0.2) is 13.7 Å². The molecule has 1 rings (SSSR count). The SMILES string of the molecule is CCC(C#N)S(=O)(=O)Nc1c(N)cccc1Cl. The molecule has 0 aliphatic carbocycles. The van der Waals surface area contributed by atoms with Crippen LogP contribution in [0.1, 0.15) is 13.3 Å². The van der Waals surface area contributed by atoms with Crippen LogP contribution in [0.15, 0.2) is 18.2 Å². The van der Waals surface area contributed by atoms with Gasteiger partial charge in [0, 0.05) is 0 Å². The van der Waals surface area contributed by atoms with Crippen molar-refractivity contribution in [3.8, 4) is 6.07 Å². The van der Waals surface area contributed by atoms with Crippen molar-refractivity contribution in [2.45, 2.75) is 18.6 Å². The number of hydrogen-bond acceptors (Lipinski definition) is 4. The summed E-state index contributed by atoms with van der Waals surface area (Å²) in [5, 5.41) is 7.81. The Balaban J connectivity index is 3.12. The molecule has 1 atom stereocenters. The second-order valence-electron chi connectivity index (χ2n) is 3.38. The van der Waals surface area contributed by atoms with Crippen LogP contribution in [-0.2, 0) is 10.0 Å². The largest absolute Gasteiger partial charge is 0.397 e. The molecule has 0 aromatic heterocycles. The van der Waals surface area contributed by atoms with Crippen LogP contribution in [0.2, 0.25) is 5.02 Å². The van der Waals surface area contributed by atoms with Crippen molar-refractivity contribution in [3.63, 3.8) is 0 Å². The molecule has 0 amide bonds. The van der Waals surface area contributed by atoms with Gasteiger partial charge >= 0.3 is 0 Å². The lowest BCUT2D eigenvalue weighted by molar-refractivity contribution is 0.593. The van der Waals surface area contributed by atoms with Crippen molar-refractivity contribution in [1.82, 2.24) is 0 Å². The number of nitriles is 1. The van der Waals surface area contributed by atoms with Gasteiger partial charge in [-0.15, -0.1) is 0 Å². The van der Waals surface area contributed by atoms with Crippen LogP contribution in [0.4, 0.5) is 11.4 Å². The zero-order chi connectivity index (χ0) is 13.1. The molecule has 0 spiro atoms. The Labute approximate surface area is 105 Å². The van der Waals surface area contributed by atoms with Gasteiger partial charge in [-0.1, -0.05) is 24.6 Å². The molecule has 7 heteroatoms. The molecule has 0 aliphatic heterocycles. The lowest BCUT2D eigenvalue weighted by atomic mass is 10.3. The molecule has 0 saturated carbocycles. The number of halogens is 1. The number of nitrogens with two attached hydrogens (primary N) is 1. The highest BCUT2D eigenvalue weighted by atomic mass is 35.5. The second kappa shape index (κ2) is 5.25. The predicted octanol–water partition coefficient (Wildman–Crippen LogP) is 1.97. The van der Waals surface area contributed by atoms with E-state index in [0.29, 0.717) is 0 Å². The van der Waals surface area contributed by atoms with E-state index in [-0.39, 0.29) is 22.8 Å². The van der Waals surface area contributed by atoms with Gasteiger partial charge in [0.15, 0.2) is 5.25 Å². The van der Waals surface area contributed by atoms with Gasteiger partial charge in [0.1, 0.15) is 0 Å². The Bertz CT molecular complexity index is 531. The summed E-state index contributed by atoms with van der Waals surface area (Å²) in [5.74, 6) is 0. The van der Waals surface area contributed by atoms with Crippen molar-refractivity contribution in [1.29, 1.82) is 5.26 Å². The first kappa shape index (κ1) is 13.6. The number of para-hydroxylation sites is 1. The third-order valence-corrected chi connectivity index (χ3v) is 4.17. The first-order valence-electron chi connectivity index (χ1n) is 4.87. The van der Waals surface area contributed by atoms with E-state index in [2.05, 4.69) is 4.72 Å². The van der Waals surface area contributed by atoms with Crippen LogP contribution in [0, 0.1) is 11.3 Å². The predicted molar refractivity (Wildman–Crippen MR) is 68.1 cm³/mol. The molecule has 3 N–H and O–H groups in total. The van der Waals surface area contributed by atoms with Gasteiger partial charge in [-0.05, 0) is 18.6 Å². The van der Waals surface area contributed by atoms with E-state index in [9.17, 15) is 8.42 Å². The quantitative estimate of drug-likeness (QED) is 0.820. The Hall–Kier alpha value is -1.45. The van der Waals surface area contributed by atoms with Crippen LogP contribution in [0.3, 0.4) is 0 Å². The summed E-state index contributed by atoms with van der Waals surface area (Å²) in [5.41, 5.74) is 5.95. The van der Waals surface area contributed by atoms with E-state index in [1.54, 1.807) is 19.1 Å². The van der Waals surface area contributed by atoms with Gasteiger partial charge in [-0.25, -0.2) is 8.42 Å². The Morgan fingerprint density at radius 1 is 1.59 bits per heavy atom. The Morgan fingerprint density at radius 2 is 2.24 bits per heavy atom. The number of hydrogen-bond donors (Lipinski definition) is 2. The number of sulfonamides is 1. The van der Waals surface area contributed by atoms with Gasteiger partial charge in [0.2, 0.25) is 10.0 Å². The lowest BCUT2D eigenvalue weighted by Crippen LogP contribution is -2.26. The molecule has 1 unspecified atom stereocenters. The number of anilines is 2. The van der Waals surface area contributed by atoms with Crippen LogP contribution in [0.5, 0.6) is 0 Å². The third kappa shape index (κ3) is 3.02. The molecular weight excluding hydrogens is 262 g/mol. The van der Waals surface area contributed by atoms with E-state index < -0.39 is 15.3 Å². The van der Waals surface area contributed by atoms with Crippen LogP contribution in [0.25, 0.3) is 0 Å². The van der Waals surface area contributed by atoms with E-state index in [1.165, 1.54) is 12.1 Å². The minimum atomic E-state index is -3.80. The van der Waals surface area contributed by atoms with E-state index in [1.807, 2.05) is 0 Å². The normalized spacial score (nSPS) is 12.8. The Kier molecular flexibility index (Phi) is 4.21. The van der Waals surface area contributed by atoms with Crippen molar-refractivity contribution in [2.24, 2.45) is 0 Å². The number of rotatable bonds is 4. The fraction of sp³-hybridized carbons (Fsp3) is 0.300. The lowest BCUT2D eigenvalue weighted by Gasteiger charge is -2.13. The topological polar surface area (TPSA) is 96.0 Å². The summed E-state index contributed by atoms with van der Waals surface area (Å²) >= 11 is 5.84. The van der Waals surface area contributed by atoms with E-state index in [0.717, 1.165) is 0 Å². The first-order chi connectivity index (χ1) is 7.92. The average molecular weight is 274 g/mol. The van der Waals surface area contributed by atoms with Crippen LogP contribution >= 0.6 is 11.6 Å². The van der Waals surface area contributed by atoms with E-state index in [4.69, 9.17) is 22.6 Å². The standard InChI is InChI=1S/C10H12ClN3O2S/c1-2-7(6-12)17(15,16)14-10-8(11)4-3-5-9(10)13/h3-5,7,14H,2,13H2,1H3. The molecule has 0 aliphatic rings. The highest BCUT2D eigenvalue weighted by Crippen LogP contribution is 2.29. The molecule has 0 fully saturated rings. The van der Waals surface area contributed by atoms with Crippen LogP contribution < -0.4 is 10.5 Å². The first-order valence-corrected chi connectivity index (χ1v) is 6.80. The zero-order valence-corrected chi connectivity index (χ0v) is 10.7. The second-order valence-corrected chi connectivity index (χ2v) is 5.65. The van der Waals surface area contributed by atoms with E-state index >= 15 is 0 Å². The maximum atomic E-state index is 11.8. The van der Waals surface area contributed by atoms with Crippen molar-refractivity contribution >= 4 is 33.0 Å². The van der Waals surface area contributed by atoms with Gasteiger partial charge in [0.05, 0.1) is 22.5 Å². The molecule has 0 saturated heterocycles. The fourth-order valence-corrected chi connectivity index (χ4v) is 2.76. The summed E-state index contributed by atoms with van der Waals surface area (Å²) in [6, 6.07) is 6.37. The summed E-state index contributed by atoms with van der Waals surface area (Å²) in [4.78, 5) is 0. The number of benzene rings is 1. The Morgan fingerprint density at radius 3 is 2.71 bits per heavy atom. The molecular formula is C10H12ClN3O2S. The molecule has 17 heavy (non-hydrogen) atoms. The zero-order valence-electron chi connectivity index (χ0n) is 9.14. The molecule has 92 valence electrons. The highest BCUT2D eigenvalue weighted by Gasteiger charge is 2.24. The summed E-state index contributed by atoms with van der Waals surface area (Å²) < 4.78 is 25.9. The summed E-state index contributed by atoms with van der Waals surface area (Å²) in [7, 11) is -3.80. The maximum Gasteiger partial charge on any atom is 0.249 e. The third-order valence-electron chi connectivity index (χ3n) is 2.18. The number of nitrogen functional groups attached to an aromatic ring is 1. The maximum absolute atomic E-state index is 11.8. The van der Waals surface area contributed by atoms with Gasteiger partial charge in [0.25, 0.3) is 0 Å². The van der Waals surface area contributed by atoms with Gasteiger partial charge in [-0.3, -0.25) is 4.72 Å². The minimum Gasteiger partial charge on any atom is -0.397 e. The highest BCUT2D eigenvalue weighted by molar-refractivity contribution is 7.93. The smallest absolute Gasteiger partial charge is 0.249 e. The number of nitrogens with one attached hydrogen (secondary N) is 1. The van der Waals surface area contributed by atoms with Crippen molar-refractivity contribution < 1.29 is 8.42 Å². The fourth-order valence-electron chi connectivity index (χ4n) is 1.24. The van der Waals surface area contributed by atoms with Crippen molar-refractivity contribution in [3.05, 3.63) is 23.2 Å². The average Bonchev–Trinajstić information content (AvgIpc) is 2.25. The number of nitrogens with zero attached hydrogens (tertiary/aromatic N) is 1. The summed E-state index contributed by atoms with van der Waals surface area (Å²) in [6.45, 7) is 1.61. The monoisotopic (exact) mass is 273 g/mol.